The highest BCUT2D eigenvalue weighted by molar-refractivity contribution is 5.81. The lowest BCUT2D eigenvalue weighted by Crippen LogP contribution is -2.43. The van der Waals surface area contributed by atoms with Gasteiger partial charge in [-0.2, -0.15) is 5.10 Å². The second kappa shape index (κ2) is 13.1. The Morgan fingerprint density at radius 1 is 0.875 bits per heavy atom. The van der Waals surface area contributed by atoms with Crippen molar-refractivity contribution >= 4 is 16.9 Å². The summed E-state index contributed by atoms with van der Waals surface area (Å²) in [6.45, 7) is 9.35. The van der Waals surface area contributed by atoms with Gasteiger partial charge in [0.2, 0.25) is 5.91 Å². The van der Waals surface area contributed by atoms with Crippen molar-refractivity contribution in [3.8, 4) is 11.5 Å². The first kappa shape index (κ1) is 28.7. The number of benzene rings is 2. The third-order valence-corrected chi connectivity index (χ3v) is 6.69. The van der Waals surface area contributed by atoms with Gasteiger partial charge in [0, 0.05) is 19.6 Å². The summed E-state index contributed by atoms with van der Waals surface area (Å²) in [5.74, 6) is 1.03. The Hall–Kier alpha value is -4.34. The summed E-state index contributed by atoms with van der Waals surface area (Å²) in [6, 6.07) is 15.4. The largest absolute Gasteiger partial charge is 0.490 e. The normalized spacial score (nSPS) is 11.1. The van der Waals surface area contributed by atoms with Crippen LogP contribution in [-0.4, -0.2) is 44.6 Å². The molecule has 0 aliphatic carbocycles. The smallest absolute Gasteiger partial charge is 0.332 e. The van der Waals surface area contributed by atoms with E-state index in [4.69, 9.17) is 9.47 Å². The lowest BCUT2D eigenvalue weighted by molar-refractivity contribution is -0.121. The molecule has 0 radical (unpaired) electrons. The van der Waals surface area contributed by atoms with E-state index in [0.717, 1.165) is 11.1 Å². The second-order valence-corrected chi connectivity index (χ2v) is 9.41. The number of carbonyl (C=O) groups excluding carboxylic acids is 1. The van der Waals surface area contributed by atoms with E-state index in [-0.39, 0.29) is 19.0 Å². The zero-order chi connectivity index (χ0) is 28.6. The van der Waals surface area contributed by atoms with Gasteiger partial charge in [0.25, 0.3) is 5.56 Å². The topological polar surface area (TPSA) is 109 Å². The van der Waals surface area contributed by atoms with Gasteiger partial charge in [-0.1, -0.05) is 36.4 Å². The molecule has 0 atom stereocenters. The van der Waals surface area contributed by atoms with E-state index in [1.165, 1.54) is 9.13 Å². The van der Waals surface area contributed by atoms with Gasteiger partial charge in [0.05, 0.1) is 18.9 Å². The molecule has 0 saturated heterocycles. The maximum absolute atomic E-state index is 13.6. The Balaban J connectivity index is 1.55. The minimum absolute atomic E-state index is 0.201. The summed E-state index contributed by atoms with van der Waals surface area (Å²) in [7, 11) is 0. The molecule has 0 spiro atoms. The molecule has 2 aromatic heterocycles. The first-order chi connectivity index (χ1) is 19.4. The van der Waals surface area contributed by atoms with Crippen LogP contribution in [0.25, 0.3) is 11.0 Å². The van der Waals surface area contributed by atoms with E-state index in [2.05, 4.69) is 10.4 Å². The fourth-order valence-corrected chi connectivity index (χ4v) is 4.82. The van der Waals surface area contributed by atoms with E-state index < -0.39 is 11.2 Å². The summed E-state index contributed by atoms with van der Waals surface area (Å²) in [5.41, 5.74) is 2.35. The number of aryl methyl sites for hydroxylation is 3. The van der Waals surface area contributed by atoms with Crippen LogP contribution in [0, 0.1) is 6.92 Å². The molecular formula is C30H37N5O5. The number of nitrogens with zero attached hydrogens (tertiary/aromatic N) is 4. The average molecular weight is 548 g/mol. The Labute approximate surface area is 233 Å². The number of hydrogen-bond donors (Lipinski definition) is 1. The molecular weight excluding hydrogens is 510 g/mol. The average Bonchev–Trinajstić information content (AvgIpc) is 3.29. The molecule has 1 amide bonds. The minimum atomic E-state index is -0.518. The van der Waals surface area contributed by atoms with Crippen molar-refractivity contribution in [1.29, 1.82) is 0 Å². The summed E-state index contributed by atoms with van der Waals surface area (Å²) >= 11 is 0. The van der Waals surface area contributed by atoms with Crippen molar-refractivity contribution < 1.29 is 14.3 Å². The Bertz CT molecular complexity index is 1590. The van der Waals surface area contributed by atoms with Gasteiger partial charge in [-0.05, 0) is 63.8 Å². The summed E-state index contributed by atoms with van der Waals surface area (Å²) in [4.78, 5) is 40.1. The first-order valence-electron chi connectivity index (χ1n) is 13.8. The van der Waals surface area contributed by atoms with Crippen LogP contribution in [0.4, 0.5) is 0 Å². The summed E-state index contributed by atoms with van der Waals surface area (Å²) < 4.78 is 15.5. The van der Waals surface area contributed by atoms with Crippen LogP contribution < -0.4 is 26.0 Å². The number of aromatic nitrogens is 4. The highest BCUT2D eigenvalue weighted by atomic mass is 16.5. The van der Waals surface area contributed by atoms with Crippen LogP contribution in [0.3, 0.4) is 0 Å². The van der Waals surface area contributed by atoms with Crippen molar-refractivity contribution in [3.63, 3.8) is 0 Å². The maximum Gasteiger partial charge on any atom is 0.332 e. The fourth-order valence-electron chi connectivity index (χ4n) is 4.82. The zero-order valence-electron chi connectivity index (χ0n) is 23.6. The standard InChI is InChI=1S/C30H37N5O5/c1-5-35-28-27(21(4)32-35)34(30(38)33(29(28)37)18-16-22-11-9-8-10-12-22)20-26(36)31-17-15-23-13-14-24(39-6-2)25(19-23)40-7-3/h8-14,19H,5-7,15-18,20H2,1-4H3,(H,31,36). The number of rotatable bonds is 13. The fraction of sp³-hybridized carbons (Fsp3) is 0.400. The lowest BCUT2D eigenvalue weighted by Gasteiger charge is -2.14. The quantitative estimate of drug-likeness (QED) is 0.276. The molecule has 10 heteroatoms. The highest BCUT2D eigenvalue weighted by Gasteiger charge is 2.21. The van der Waals surface area contributed by atoms with Gasteiger partial charge in [-0.15, -0.1) is 0 Å². The number of carbonyl (C=O) groups is 1. The van der Waals surface area contributed by atoms with Crippen LogP contribution in [0.2, 0.25) is 0 Å². The SMILES string of the molecule is CCOc1ccc(CCNC(=O)Cn2c(=O)n(CCc3ccccc3)c(=O)c3c2c(C)nn3CC)cc1OCC. The highest BCUT2D eigenvalue weighted by Crippen LogP contribution is 2.28. The first-order valence-corrected chi connectivity index (χ1v) is 13.8. The Morgan fingerprint density at radius 2 is 1.60 bits per heavy atom. The van der Waals surface area contributed by atoms with Crippen molar-refractivity contribution in [2.45, 2.75) is 60.2 Å². The zero-order valence-corrected chi connectivity index (χ0v) is 23.6. The van der Waals surface area contributed by atoms with Crippen LogP contribution in [-0.2, 0) is 37.3 Å². The summed E-state index contributed by atoms with van der Waals surface area (Å²) in [6.07, 6.45) is 1.09. The molecule has 212 valence electrons. The number of fused-ring (bicyclic) bond motifs is 1. The van der Waals surface area contributed by atoms with Gasteiger partial charge in [0.15, 0.2) is 17.0 Å². The van der Waals surface area contributed by atoms with Crippen LogP contribution in [0.5, 0.6) is 11.5 Å². The van der Waals surface area contributed by atoms with Crippen LogP contribution in [0.15, 0.2) is 58.1 Å². The molecule has 0 fully saturated rings. The van der Waals surface area contributed by atoms with Crippen LogP contribution >= 0.6 is 0 Å². The number of ether oxygens (including phenoxy) is 2. The van der Waals surface area contributed by atoms with Gasteiger partial charge in [-0.25, -0.2) is 4.79 Å². The van der Waals surface area contributed by atoms with Gasteiger partial charge in [0.1, 0.15) is 12.1 Å². The van der Waals surface area contributed by atoms with E-state index in [9.17, 15) is 14.4 Å². The predicted octanol–water partition coefficient (Wildman–Crippen LogP) is 3.09. The number of nitrogens with one attached hydrogen (secondary N) is 1. The van der Waals surface area contributed by atoms with Crippen molar-refractivity contribution in [1.82, 2.24) is 24.2 Å². The molecule has 0 unspecified atom stereocenters. The molecule has 10 nitrogen and oxygen atoms in total. The van der Waals surface area contributed by atoms with Crippen molar-refractivity contribution in [2.75, 3.05) is 19.8 Å². The lowest BCUT2D eigenvalue weighted by atomic mass is 10.1. The Morgan fingerprint density at radius 3 is 2.30 bits per heavy atom. The molecule has 0 bridgehead atoms. The monoisotopic (exact) mass is 547 g/mol. The van der Waals surface area contributed by atoms with E-state index in [0.29, 0.717) is 67.4 Å². The minimum Gasteiger partial charge on any atom is -0.490 e. The van der Waals surface area contributed by atoms with E-state index >= 15 is 0 Å². The van der Waals surface area contributed by atoms with E-state index in [1.807, 2.05) is 69.3 Å². The van der Waals surface area contributed by atoms with Crippen molar-refractivity contribution in [3.05, 3.63) is 86.2 Å². The summed E-state index contributed by atoms with van der Waals surface area (Å²) in [5, 5.41) is 7.38. The van der Waals surface area contributed by atoms with Gasteiger partial charge in [-0.3, -0.25) is 23.4 Å². The van der Waals surface area contributed by atoms with Crippen molar-refractivity contribution in [2.24, 2.45) is 0 Å². The predicted molar refractivity (Wildman–Crippen MR) is 154 cm³/mol. The molecule has 40 heavy (non-hydrogen) atoms. The second-order valence-electron chi connectivity index (χ2n) is 9.41. The molecule has 2 heterocycles. The molecule has 4 rings (SSSR count). The molecule has 4 aromatic rings. The molecule has 0 saturated carbocycles. The number of amides is 1. The van der Waals surface area contributed by atoms with Gasteiger partial charge >= 0.3 is 5.69 Å². The number of hydrogen-bond acceptors (Lipinski definition) is 6. The maximum atomic E-state index is 13.6. The Kier molecular flexibility index (Phi) is 9.42. The molecule has 2 aromatic carbocycles. The third-order valence-electron chi connectivity index (χ3n) is 6.69. The molecule has 0 aliphatic rings. The van der Waals surface area contributed by atoms with Crippen LogP contribution in [0.1, 0.15) is 37.6 Å². The van der Waals surface area contributed by atoms with Gasteiger partial charge < -0.3 is 14.8 Å². The third kappa shape index (κ3) is 6.27. The molecule has 0 aliphatic heterocycles. The van der Waals surface area contributed by atoms with E-state index in [1.54, 1.807) is 11.6 Å². The molecule has 1 N–H and O–H groups in total.